The van der Waals surface area contributed by atoms with Crippen molar-refractivity contribution in [1.82, 2.24) is 0 Å². The van der Waals surface area contributed by atoms with Gasteiger partial charge in [0.05, 0.1) is 0 Å². The quantitative estimate of drug-likeness (QED) is 0.629. The molecule has 2 atom stereocenters. The lowest BCUT2D eigenvalue weighted by Gasteiger charge is -2.25. The Morgan fingerprint density at radius 1 is 1.50 bits per heavy atom. The summed E-state index contributed by atoms with van der Waals surface area (Å²) in [6.07, 6.45) is 4.96. The predicted molar refractivity (Wildman–Crippen MR) is 41.8 cm³/mol. The van der Waals surface area contributed by atoms with Gasteiger partial charge in [-0.2, -0.15) is 0 Å². The molecular formula is C8H17NO. The molecule has 1 rings (SSSR count). The van der Waals surface area contributed by atoms with Gasteiger partial charge in [-0.3, -0.25) is 0 Å². The van der Waals surface area contributed by atoms with E-state index in [9.17, 15) is 0 Å². The fraction of sp³-hybridized carbons (Fsp3) is 1.00. The smallest absolute Gasteiger partial charge is 0.0491 e. The molecule has 0 aromatic heterocycles. The first kappa shape index (κ1) is 8.02. The van der Waals surface area contributed by atoms with Gasteiger partial charge in [-0.25, -0.2) is 0 Å². The van der Waals surface area contributed by atoms with E-state index in [4.69, 9.17) is 10.5 Å². The Bertz CT molecular complexity index is 93.3. The third-order valence-electron chi connectivity index (χ3n) is 2.23. The largest absolute Gasteiger partial charge is 0.384 e. The summed E-state index contributed by atoms with van der Waals surface area (Å²) >= 11 is 0. The predicted octanol–water partition coefficient (Wildman–Crippen LogP) is 1.15. The first-order valence-electron chi connectivity index (χ1n) is 4.07. The molecule has 2 nitrogen and oxygen atoms in total. The Hall–Kier alpha value is -0.0800. The molecule has 0 bridgehead atoms. The third-order valence-corrected chi connectivity index (χ3v) is 2.23. The van der Waals surface area contributed by atoms with Crippen molar-refractivity contribution in [2.45, 2.75) is 31.7 Å². The second-order valence-electron chi connectivity index (χ2n) is 3.25. The zero-order valence-electron chi connectivity index (χ0n) is 6.68. The molecule has 10 heavy (non-hydrogen) atoms. The lowest BCUT2D eigenvalue weighted by Crippen LogP contribution is -2.29. The molecule has 0 amide bonds. The van der Waals surface area contributed by atoms with E-state index in [1.807, 2.05) is 0 Å². The molecule has 2 N–H and O–H groups in total. The molecule has 1 saturated carbocycles. The minimum absolute atomic E-state index is 0.439. The highest BCUT2D eigenvalue weighted by atomic mass is 16.5. The molecule has 0 saturated heterocycles. The Morgan fingerprint density at radius 2 is 2.30 bits per heavy atom. The Morgan fingerprint density at radius 3 is 2.90 bits per heavy atom. The number of ether oxygens (including phenoxy) is 1. The summed E-state index contributed by atoms with van der Waals surface area (Å²) in [5, 5.41) is 0. The maximum Gasteiger partial charge on any atom is 0.0491 e. The topological polar surface area (TPSA) is 35.2 Å². The van der Waals surface area contributed by atoms with Gasteiger partial charge in [-0.05, 0) is 25.2 Å². The van der Waals surface area contributed by atoms with E-state index >= 15 is 0 Å². The van der Waals surface area contributed by atoms with Crippen molar-refractivity contribution in [3.8, 4) is 0 Å². The van der Waals surface area contributed by atoms with E-state index in [0.717, 1.165) is 18.9 Å². The van der Waals surface area contributed by atoms with Crippen molar-refractivity contribution in [3.63, 3.8) is 0 Å². The first-order chi connectivity index (χ1) is 4.83. The van der Waals surface area contributed by atoms with Gasteiger partial charge in [0.25, 0.3) is 0 Å². The molecule has 0 radical (unpaired) electrons. The highest BCUT2D eigenvalue weighted by Gasteiger charge is 2.18. The van der Waals surface area contributed by atoms with E-state index in [1.165, 1.54) is 19.3 Å². The summed E-state index contributed by atoms with van der Waals surface area (Å²) in [5.41, 5.74) is 5.80. The second kappa shape index (κ2) is 3.94. The Balaban J connectivity index is 2.18. The van der Waals surface area contributed by atoms with E-state index in [2.05, 4.69) is 0 Å². The molecule has 0 aromatic rings. The standard InChI is InChI=1S/C8H17NO/c1-10-6-7-3-2-4-8(9)5-7/h7-8H,2-6,9H2,1H3/t7-,8+/m0/s1. The summed E-state index contributed by atoms with van der Waals surface area (Å²) < 4.78 is 5.07. The van der Waals surface area contributed by atoms with Crippen LogP contribution in [0.15, 0.2) is 0 Å². The first-order valence-corrected chi connectivity index (χ1v) is 4.07. The van der Waals surface area contributed by atoms with Gasteiger partial charge < -0.3 is 10.5 Å². The Kier molecular flexibility index (Phi) is 3.16. The maximum absolute atomic E-state index is 5.80. The van der Waals surface area contributed by atoms with Crippen LogP contribution in [-0.2, 0) is 4.74 Å². The van der Waals surface area contributed by atoms with Gasteiger partial charge in [0.1, 0.15) is 0 Å². The van der Waals surface area contributed by atoms with E-state index in [0.29, 0.717) is 6.04 Å². The molecule has 0 aliphatic heterocycles. The molecule has 1 aliphatic rings. The molecule has 0 aromatic carbocycles. The summed E-state index contributed by atoms with van der Waals surface area (Å²) in [5.74, 6) is 0.730. The van der Waals surface area contributed by atoms with Crippen LogP contribution in [0, 0.1) is 5.92 Å². The summed E-state index contributed by atoms with van der Waals surface area (Å²) in [4.78, 5) is 0. The van der Waals surface area contributed by atoms with Crippen LogP contribution in [0.4, 0.5) is 0 Å². The SMILES string of the molecule is COC[C@H]1CCC[C@@H](N)C1. The number of nitrogens with two attached hydrogens (primary N) is 1. The van der Waals surface area contributed by atoms with E-state index < -0.39 is 0 Å². The molecule has 0 spiro atoms. The monoisotopic (exact) mass is 143 g/mol. The van der Waals surface area contributed by atoms with Gasteiger partial charge in [0, 0.05) is 19.8 Å². The van der Waals surface area contributed by atoms with Gasteiger partial charge >= 0.3 is 0 Å². The molecule has 60 valence electrons. The highest BCUT2D eigenvalue weighted by Crippen LogP contribution is 2.22. The van der Waals surface area contributed by atoms with Crippen LogP contribution < -0.4 is 5.73 Å². The molecule has 0 unspecified atom stereocenters. The molecular weight excluding hydrogens is 126 g/mol. The minimum atomic E-state index is 0.439. The third kappa shape index (κ3) is 2.27. The average molecular weight is 143 g/mol. The molecule has 0 heterocycles. The normalized spacial score (nSPS) is 34.2. The van der Waals surface area contributed by atoms with Crippen LogP contribution in [0.5, 0.6) is 0 Å². The van der Waals surface area contributed by atoms with Crippen molar-refractivity contribution >= 4 is 0 Å². The zero-order valence-corrected chi connectivity index (χ0v) is 6.68. The van der Waals surface area contributed by atoms with Crippen molar-refractivity contribution in [3.05, 3.63) is 0 Å². The van der Waals surface area contributed by atoms with Gasteiger partial charge in [0.15, 0.2) is 0 Å². The van der Waals surface area contributed by atoms with Crippen LogP contribution in [0.2, 0.25) is 0 Å². The van der Waals surface area contributed by atoms with Crippen molar-refractivity contribution in [2.75, 3.05) is 13.7 Å². The number of methoxy groups -OCH3 is 1. The molecule has 1 fully saturated rings. The second-order valence-corrected chi connectivity index (χ2v) is 3.25. The van der Waals surface area contributed by atoms with Gasteiger partial charge in [-0.1, -0.05) is 6.42 Å². The molecule has 2 heteroatoms. The summed E-state index contributed by atoms with van der Waals surface area (Å²) in [6, 6.07) is 0.439. The number of hydrogen-bond acceptors (Lipinski definition) is 2. The fourth-order valence-corrected chi connectivity index (χ4v) is 1.72. The lowest BCUT2D eigenvalue weighted by molar-refractivity contribution is 0.126. The summed E-state index contributed by atoms with van der Waals surface area (Å²) in [7, 11) is 1.76. The molecule has 1 aliphatic carbocycles. The van der Waals surface area contributed by atoms with Crippen molar-refractivity contribution in [1.29, 1.82) is 0 Å². The average Bonchev–Trinajstić information content (AvgIpc) is 1.88. The number of rotatable bonds is 2. The van der Waals surface area contributed by atoms with Crippen LogP contribution in [0.25, 0.3) is 0 Å². The minimum Gasteiger partial charge on any atom is -0.384 e. The highest BCUT2D eigenvalue weighted by molar-refractivity contribution is 4.74. The van der Waals surface area contributed by atoms with Gasteiger partial charge in [0.2, 0.25) is 0 Å². The van der Waals surface area contributed by atoms with Crippen molar-refractivity contribution < 1.29 is 4.74 Å². The number of hydrogen-bond donors (Lipinski definition) is 1. The lowest BCUT2D eigenvalue weighted by atomic mass is 9.87. The van der Waals surface area contributed by atoms with Crippen LogP contribution in [-0.4, -0.2) is 19.8 Å². The van der Waals surface area contributed by atoms with E-state index in [1.54, 1.807) is 7.11 Å². The Labute approximate surface area is 62.7 Å². The van der Waals surface area contributed by atoms with Crippen LogP contribution in [0.1, 0.15) is 25.7 Å². The van der Waals surface area contributed by atoms with E-state index in [-0.39, 0.29) is 0 Å². The van der Waals surface area contributed by atoms with Crippen LogP contribution in [0.3, 0.4) is 0 Å². The van der Waals surface area contributed by atoms with Crippen molar-refractivity contribution in [2.24, 2.45) is 11.7 Å². The summed E-state index contributed by atoms with van der Waals surface area (Å²) in [6.45, 7) is 0.897. The fourth-order valence-electron chi connectivity index (χ4n) is 1.72. The maximum atomic E-state index is 5.80. The van der Waals surface area contributed by atoms with Gasteiger partial charge in [-0.15, -0.1) is 0 Å². The zero-order chi connectivity index (χ0) is 7.40. The van der Waals surface area contributed by atoms with Crippen LogP contribution >= 0.6 is 0 Å².